The first kappa shape index (κ1) is 12.1. The number of rotatable bonds is 2. The topological polar surface area (TPSA) is 43.6 Å². The number of halogens is 3. The van der Waals surface area contributed by atoms with Crippen LogP contribution in [0.4, 0.5) is 0 Å². The lowest BCUT2D eigenvalue weighted by atomic mass is 10.3. The molecule has 16 heavy (non-hydrogen) atoms. The zero-order valence-corrected chi connectivity index (χ0v) is 12.0. The molecule has 0 unspecified atom stereocenters. The predicted molar refractivity (Wildman–Crippen MR) is 71.7 cm³/mol. The highest BCUT2D eigenvalue weighted by molar-refractivity contribution is 14.1. The Morgan fingerprint density at radius 2 is 1.94 bits per heavy atom. The van der Waals surface area contributed by atoms with Crippen molar-refractivity contribution < 1.29 is 0 Å². The average molecular weight is 369 g/mol. The number of hydrogen-bond donors (Lipinski definition) is 0. The van der Waals surface area contributed by atoms with Gasteiger partial charge >= 0.3 is 0 Å². The minimum atomic E-state index is 0.361. The Morgan fingerprint density at radius 1 is 1.31 bits per heavy atom. The van der Waals surface area contributed by atoms with E-state index in [0.29, 0.717) is 19.7 Å². The molecule has 0 fully saturated rings. The van der Waals surface area contributed by atoms with Gasteiger partial charge in [0.1, 0.15) is 10.3 Å². The fourth-order valence-corrected chi connectivity index (χ4v) is 1.80. The van der Waals surface area contributed by atoms with Crippen LogP contribution < -0.4 is 0 Å². The fraction of sp³-hybridized carbons (Fsp3) is 0.222. The molecule has 0 aliphatic carbocycles. The summed E-state index contributed by atoms with van der Waals surface area (Å²) in [6.07, 6.45) is 3.55. The normalized spacial score (nSPS) is 10.8. The van der Waals surface area contributed by atoms with Gasteiger partial charge in [0.05, 0.1) is 15.3 Å². The Balaban J connectivity index is 2.48. The molecule has 0 aliphatic heterocycles. The first-order valence-electron chi connectivity index (χ1n) is 4.53. The monoisotopic (exact) mass is 368 g/mol. The van der Waals surface area contributed by atoms with Gasteiger partial charge in [0.2, 0.25) is 0 Å². The van der Waals surface area contributed by atoms with Gasteiger partial charge in [-0.2, -0.15) is 5.10 Å². The molecule has 2 heterocycles. The van der Waals surface area contributed by atoms with Crippen LogP contribution in [-0.2, 0) is 6.54 Å². The lowest BCUT2D eigenvalue weighted by molar-refractivity contribution is 0.660. The van der Waals surface area contributed by atoms with Gasteiger partial charge in [-0.25, -0.2) is 9.97 Å². The van der Waals surface area contributed by atoms with Crippen molar-refractivity contribution in [2.45, 2.75) is 13.5 Å². The van der Waals surface area contributed by atoms with Gasteiger partial charge in [-0.05, 0) is 29.5 Å². The summed E-state index contributed by atoms with van der Waals surface area (Å²) in [5.74, 6) is 0.495. The molecule has 0 spiro atoms. The number of aryl methyl sites for hydroxylation is 1. The van der Waals surface area contributed by atoms with Crippen molar-refractivity contribution in [2.75, 3.05) is 0 Å². The summed E-state index contributed by atoms with van der Waals surface area (Å²) in [7, 11) is 0. The first-order valence-corrected chi connectivity index (χ1v) is 6.36. The van der Waals surface area contributed by atoms with Crippen molar-refractivity contribution in [1.82, 2.24) is 19.7 Å². The summed E-state index contributed by atoms with van der Waals surface area (Å²) in [6, 6.07) is 0. The highest BCUT2D eigenvalue weighted by Crippen LogP contribution is 2.26. The number of aromatic nitrogens is 4. The molecular weight excluding hydrogens is 362 g/mol. The highest BCUT2D eigenvalue weighted by Gasteiger charge is 2.11. The van der Waals surface area contributed by atoms with Crippen LogP contribution in [0.25, 0.3) is 11.4 Å². The fourth-order valence-electron chi connectivity index (χ4n) is 1.18. The summed E-state index contributed by atoms with van der Waals surface area (Å²) in [4.78, 5) is 8.32. The molecule has 0 aliphatic rings. The molecule has 84 valence electrons. The van der Waals surface area contributed by atoms with Gasteiger partial charge in [0.15, 0.2) is 5.82 Å². The Morgan fingerprint density at radius 3 is 2.44 bits per heavy atom. The molecular formula is C9H7Cl2IN4. The second-order valence-electron chi connectivity index (χ2n) is 3.03. The van der Waals surface area contributed by atoms with Crippen LogP contribution >= 0.6 is 45.8 Å². The van der Waals surface area contributed by atoms with Crippen LogP contribution in [0.2, 0.25) is 10.3 Å². The van der Waals surface area contributed by atoms with E-state index in [2.05, 4.69) is 15.1 Å². The highest BCUT2D eigenvalue weighted by atomic mass is 127. The predicted octanol–water partition coefficient (Wildman–Crippen LogP) is 3.27. The Hall–Kier alpha value is -0.400. The van der Waals surface area contributed by atoms with Gasteiger partial charge in [-0.3, -0.25) is 4.68 Å². The van der Waals surface area contributed by atoms with Crippen LogP contribution in [0.1, 0.15) is 6.92 Å². The molecule has 2 rings (SSSR count). The Labute approximate surface area is 116 Å². The molecule has 0 radical (unpaired) electrons. The third kappa shape index (κ3) is 2.31. The molecule has 0 saturated carbocycles. The largest absolute Gasteiger partial charge is 0.272 e. The molecule has 7 heteroatoms. The van der Waals surface area contributed by atoms with E-state index < -0.39 is 0 Å². The van der Waals surface area contributed by atoms with Crippen molar-refractivity contribution in [3.63, 3.8) is 0 Å². The minimum Gasteiger partial charge on any atom is -0.272 e. The van der Waals surface area contributed by atoms with E-state index in [9.17, 15) is 0 Å². The lowest BCUT2D eigenvalue weighted by Crippen LogP contribution is -1.94. The molecule has 0 bridgehead atoms. The maximum Gasteiger partial charge on any atom is 0.165 e. The van der Waals surface area contributed by atoms with Crippen molar-refractivity contribution >= 4 is 45.8 Å². The number of nitrogens with zero attached hydrogens (tertiary/aromatic N) is 4. The van der Waals surface area contributed by atoms with Crippen molar-refractivity contribution in [3.05, 3.63) is 26.3 Å². The Kier molecular flexibility index (Phi) is 3.66. The zero-order valence-electron chi connectivity index (χ0n) is 8.28. The first-order chi connectivity index (χ1) is 7.61. The quantitative estimate of drug-likeness (QED) is 0.603. The van der Waals surface area contributed by atoms with Crippen LogP contribution in [0.15, 0.2) is 12.4 Å². The molecule has 2 aromatic rings. The van der Waals surface area contributed by atoms with Crippen molar-refractivity contribution in [1.29, 1.82) is 0 Å². The number of hydrogen-bond acceptors (Lipinski definition) is 3. The molecule has 0 aromatic carbocycles. The van der Waals surface area contributed by atoms with Crippen molar-refractivity contribution in [3.8, 4) is 11.4 Å². The SMILES string of the molecule is CCn1cc(-c2nc(Cl)c(I)c(Cl)n2)cn1. The summed E-state index contributed by atoms with van der Waals surface area (Å²) >= 11 is 13.9. The van der Waals surface area contributed by atoms with E-state index in [1.165, 1.54) is 0 Å². The molecule has 0 saturated heterocycles. The second-order valence-corrected chi connectivity index (χ2v) is 4.82. The van der Waals surface area contributed by atoms with Crippen LogP contribution in [0.5, 0.6) is 0 Å². The maximum absolute atomic E-state index is 5.94. The standard InChI is InChI=1S/C9H7Cl2IN4/c1-2-16-4-5(3-13-16)9-14-7(10)6(12)8(11)15-9/h3-4H,2H2,1H3. The summed E-state index contributed by atoms with van der Waals surface area (Å²) in [5.41, 5.74) is 0.807. The summed E-state index contributed by atoms with van der Waals surface area (Å²) < 4.78 is 2.45. The van der Waals surface area contributed by atoms with E-state index in [-0.39, 0.29) is 0 Å². The summed E-state index contributed by atoms with van der Waals surface area (Å²) in [5, 5.41) is 4.86. The molecule has 4 nitrogen and oxygen atoms in total. The van der Waals surface area contributed by atoms with Gasteiger partial charge in [-0.15, -0.1) is 0 Å². The average Bonchev–Trinajstić information content (AvgIpc) is 2.73. The lowest BCUT2D eigenvalue weighted by Gasteiger charge is -2.01. The molecule has 2 aromatic heterocycles. The maximum atomic E-state index is 5.94. The third-order valence-electron chi connectivity index (χ3n) is 1.99. The minimum absolute atomic E-state index is 0.361. The van der Waals surface area contributed by atoms with Gasteiger partial charge in [0, 0.05) is 12.7 Å². The van der Waals surface area contributed by atoms with Crippen LogP contribution in [-0.4, -0.2) is 19.7 Å². The van der Waals surface area contributed by atoms with Gasteiger partial charge in [0.25, 0.3) is 0 Å². The van der Waals surface area contributed by atoms with E-state index in [1.54, 1.807) is 10.9 Å². The van der Waals surface area contributed by atoms with Gasteiger partial charge in [-0.1, -0.05) is 23.2 Å². The summed E-state index contributed by atoms with van der Waals surface area (Å²) in [6.45, 7) is 2.80. The van der Waals surface area contributed by atoms with E-state index >= 15 is 0 Å². The zero-order chi connectivity index (χ0) is 11.7. The Bertz CT molecular complexity index is 503. The van der Waals surface area contributed by atoms with Crippen molar-refractivity contribution in [2.24, 2.45) is 0 Å². The third-order valence-corrected chi connectivity index (χ3v) is 4.19. The second kappa shape index (κ2) is 4.85. The van der Waals surface area contributed by atoms with E-state index in [0.717, 1.165) is 12.1 Å². The molecule has 0 atom stereocenters. The smallest absolute Gasteiger partial charge is 0.165 e. The molecule has 0 amide bonds. The van der Waals surface area contributed by atoms with E-state index in [1.807, 2.05) is 35.7 Å². The van der Waals surface area contributed by atoms with Crippen LogP contribution in [0.3, 0.4) is 0 Å². The van der Waals surface area contributed by atoms with E-state index in [4.69, 9.17) is 23.2 Å². The van der Waals surface area contributed by atoms with Gasteiger partial charge < -0.3 is 0 Å². The van der Waals surface area contributed by atoms with Crippen LogP contribution in [0, 0.1) is 3.57 Å². The molecule has 0 N–H and O–H groups in total.